The molecule has 1 aliphatic rings. The van der Waals surface area contributed by atoms with Crippen molar-refractivity contribution in [1.82, 2.24) is 0 Å². The van der Waals surface area contributed by atoms with Gasteiger partial charge in [0, 0.05) is 6.07 Å². The highest BCUT2D eigenvalue weighted by molar-refractivity contribution is 5.95. The molecule has 0 bridgehead atoms. The molecule has 0 spiro atoms. The van der Waals surface area contributed by atoms with Gasteiger partial charge in [0.25, 0.3) is 0 Å². The Morgan fingerprint density at radius 3 is 2.84 bits per heavy atom. The van der Waals surface area contributed by atoms with Crippen LogP contribution in [0.2, 0.25) is 0 Å². The van der Waals surface area contributed by atoms with Crippen LogP contribution in [0.15, 0.2) is 39.5 Å². The number of fused-ring (bicyclic) bond motifs is 3. The summed E-state index contributed by atoms with van der Waals surface area (Å²) < 4.78 is 16.0. The molecule has 3 aromatic rings. The standard InChI is InChI=1S/C14H8O5/c15-12-7-3-1-2-4-8(7)19-9-5-10-14(18-6-17-10)13(16)11(9)12/h1-5,16H,6H2. The van der Waals surface area contributed by atoms with Crippen molar-refractivity contribution >= 4 is 21.9 Å². The van der Waals surface area contributed by atoms with Gasteiger partial charge in [0.2, 0.25) is 18.0 Å². The lowest BCUT2D eigenvalue weighted by atomic mass is 10.1. The molecule has 0 unspecified atom stereocenters. The summed E-state index contributed by atoms with van der Waals surface area (Å²) in [5.41, 5.74) is 0.469. The largest absolute Gasteiger partial charge is 0.504 e. The third-order valence-electron chi connectivity index (χ3n) is 3.18. The molecule has 1 aliphatic heterocycles. The van der Waals surface area contributed by atoms with Gasteiger partial charge in [0.15, 0.2) is 11.5 Å². The minimum atomic E-state index is -0.285. The highest BCUT2D eigenvalue weighted by Crippen LogP contribution is 2.44. The second kappa shape index (κ2) is 3.41. The molecule has 94 valence electrons. The smallest absolute Gasteiger partial charge is 0.231 e. The van der Waals surface area contributed by atoms with Crippen molar-refractivity contribution in [2.75, 3.05) is 6.79 Å². The van der Waals surface area contributed by atoms with Gasteiger partial charge in [-0.15, -0.1) is 0 Å². The molecular formula is C14H8O5. The molecule has 0 aliphatic carbocycles. The fraction of sp³-hybridized carbons (Fsp3) is 0.0714. The lowest BCUT2D eigenvalue weighted by Crippen LogP contribution is -2.02. The lowest BCUT2D eigenvalue weighted by molar-refractivity contribution is 0.171. The van der Waals surface area contributed by atoms with Crippen LogP contribution >= 0.6 is 0 Å². The van der Waals surface area contributed by atoms with Gasteiger partial charge in [-0.2, -0.15) is 0 Å². The van der Waals surface area contributed by atoms with Crippen LogP contribution in [0.3, 0.4) is 0 Å². The molecule has 2 aromatic carbocycles. The molecule has 0 radical (unpaired) electrons. The number of benzene rings is 2. The number of para-hydroxylation sites is 1. The highest BCUT2D eigenvalue weighted by Gasteiger charge is 2.24. The SMILES string of the molecule is O=c1c2ccccc2oc2cc3c(c(O)c12)OCO3. The average molecular weight is 256 g/mol. The van der Waals surface area contributed by atoms with Crippen LogP contribution in [0.4, 0.5) is 0 Å². The van der Waals surface area contributed by atoms with E-state index in [0.717, 1.165) is 0 Å². The van der Waals surface area contributed by atoms with E-state index < -0.39 is 0 Å². The number of aromatic hydroxyl groups is 1. The predicted octanol–water partition coefficient (Wildman–Crippen LogP) is 2.38. The molecule has 0 fully saturated rings. The molecule has 0 saturated heterocycles. The number of rotatable bonds is 0. The number of ether oxygens (including phenoxy) is 2. The third-order valence-corrected chi connectivity index (χ3v) is 3.18. The Labute approximate surface area is 106 Å². The van der Waals surface area contributed by atoms with Crippen LogP contribution in [0.5, 0.6) is 17.2 Å². The molecule has 0 atom stereocenters. The molecule has 19 heavy (non-hydrogen) atoms. The maximum Gasteiger partial charge on any atom is 0.231 e. The van der Waals surface area contributed by atoms with Crippen LogP contribution in [-0.2, 0) is 0 Å². The molecule has 4 rings (SSSR count). The zero-order valence-electron chi connectivity index (χ0n) is 9.67. The van der Waals surface area contributed by atoms with E-state index in [1.165, 1.54) is 0 Å². The van der Waals surface area contributed by atoms with Gasteiger partial charge in [0.05, 0.1) is 5.39 Å². The normalized spacial score (nSPS) is 13.3. The van der Waals surface area contributed by atoms with Gasteiger partial charge in [-0.25, -0.2) is 0 Å². The van der Waals surface area contributed by atoms with Gasteiger partial charge in [-0.1, -0.05) is 12.1 Å². The zero-order chi connectivity index (χ0) is 13.0. The summed E-state index contributed by atoms with van der Waals surface area (Å²) in [6.07, 6.45) is 0. The molecule has 1 aromatic heterocycles. The summed E-state index contributed by atoms with van der Waals surface area (Å²) in [5, 5.41) is 10.7. The minimum absolute atomic E-state index is 0.0208. The van der Waals surface area contributed by atoms with E-state index in [1.807, 2.05) is 0 Å². The Morgan fingerprint density at radius 1 is 1.11 bits per heavy atom. The summed E-state index contributed by atoms with van der Waals surface area (Å²) in [6.45, 7) is 0.0208. The molecule has 2 heterocycles. The summed E-state index contributed by atoms with van der Waals surface area (Å²) >= 11 is 0. The molecule has 1 N–H and O–H groups in total. The Bertz CT molecular complexity index is 878. The number of hydrogen-bond acceptors (Lipinski definition) is 5. The van der Waals surface area contributed by atoms with Crippen LogP contribution in [0.25, 0.3) is 21.9 Å². The third kappa shape index (κ3) is 1.26. The molecular weight excluding hydrogens is 248 g/mol. The number of hydrogen-bond donors (Lipinski definition) is 1. The monoisotopic (exact) mass is 256 g/mol. The van der Waals surface area contributed by atoms with E-state index >= 15 is 0 Å². The number of phenols is 1. The van der Waals surface area contributed by atoms with Crippen molar-refractivity contribution in [3.63, 3.8) is 0 Å². The fourth-order valence-corrected chi connectivity index (χ4v) is 2.30. The summed E-state index contributed by atoms with van der Waals surface area (Å²) in [7, 11) is 0. The first-order chi connectivity index (χ1) is 9.25. The maximum absolute atomic E-state index is 12.4. The van der Waals surface area contributed by atoms with Crippen LogP contribution in [0.1, 0.15) is 0 Å². The Hall–Kier alpha value is -2.69. The fourth-order valence-electron chi connectivity index (χ4n) is 2.30. The summed E-state index contributed by atoms with van der Waals surface area (Å²) in [5.74, 6) is 0.336. The molecule has 5 nitrogen and oxygen atoms in total. The second-order valence-corrected chi connectivity index (χ2v) is 4.26. The van der Waals surface area contributed by atoms with Crippen molar-refractivity contribution in [2.45, 2.75) is 0 Å². The van der Waals surface area contributed by atoms with Crippen LogP contribution in [0, 0.1) is 0 Å². The lowest BCUT2D eigenvalue weighted by Gasteiger charge is -2.05. The minimum Gasteiger partial charge on any atom is -0.504 e. The van der Waals surface area contributed by atoms with E-state index in [-0.39, 0.29) is 34.7 Å². The van der Waals surface area contributed by atoms with Gasteiger partial charge in [-0.05, 0) is 12.1 Å². The first-order valence-corrected chi connectivity index (χ1v) is 5.73. The van der Waals surface area contributed by atoms with Crippen molar-refractivity contribution < 1.29 is 19.0 Å². The van der Waals surface area contributed by atoms with Gasteiger partial charge < -0.3 is 19.0 Å². The quantitative estimate of drug-likeness (QED) is 0.625. The number of phenolic OH excluding ortho intramolecular Hbond substituents is 1. The van der Waals surface area contributed by atoms with E-state index in [2.05, 4.69) is 0 Å². The predicted molar refractivity (Wildman–Crippen MR) is 67.8 cm³/mol. The van der Waals surface area contributed by atoms with Crippen molar-refractivity contribution in [2.24, 2.45) is 0 Å². The average Bonchev–Trinajstić information content (AvgIpc) is 2.87. The van der Waals surface area contributed by atoms with Gasteiger partial charge in [0.1, 0.15) is 16.6 Å². The molecule has 0 amide bonds. The van der Waals surface area contributed by atoms with Crippen molar-refractivity contribution in [1.29, 1.82) is 0 Å². The first-order valence-electron chi connectivity index (χ1n) is 5.73. The van der Waals surface area contributed by atoms with Crippen LogP contribution in [-0.4, -0.2) is 11.9 Å². The summed E-state index contributed by atoms with van der Waals surface area (Å²) in [4.78, 5) is 12.4. The topological polar surface area (TPSA) is 68.9 Å². The maximum atomic E-state index is 12.4. The second-order valence-electron chi connectivity index (χ2n) is 4.26. The van der Waals surface area contributed by atoms with E-state index in [9.17, 15) is 9.90 Å². The highest BCUT2D eigenvalue weighted by atomic mass is 16.7. The molecule has 5 heteroatoms. The van der Waals surface area contributed by atoms with Gasteiger partial charge >= 0.3 is 0 Å². The Morgan fingerprint density at radius 2 is 1.95 bits per heavy atom. The van der Waals surface area contributed by atoms with E-state index in [1.54, 1.807) is 30.3 Å². The Balaban J connectivity index is 2.27. The summed E-state index contributed by atoms with van der Waals surface area (Å²) in [6, 6.07) is 8.45. The Kier molecular flexibility index (Phi) is 1.84. The zero-order valence-corrected chi connectivity index (χ0v) is 9.67. The van der Waals surface area contributed by atoms with Crippen molar-refractivity contribution in [3.05, 3.63) is 40.6 Å². The first kappa shape index (κ1) is 10.3. The van der Waals surface area contributed by atoms with Crippen LogP contribution < -0.4 is 14.9 Å². The molecule has 0 saturated carbocycles. The van der Waals surface area contributed by atoms with E-state index in [4.69, 9.17) is 13.9 Å². The van der Waals surface area contributed by atoms with Gasteiger partial charge in [-0.3, -0.25) is 4.79 Å². The van der Waals surface area contributed by atoms with E-state index in [0.29, 0.717) is 16.7 Å². The van der Waals surface area contributed by atoms with Crippen molar-refractivity contribution in [3.8, 4) is 17.2 Å².